The van der Waals surface area contributed by atoms with E-state index in [0.29, 0.717) is 23.7 Å². The summed E-state index contributed by atoms with van der Waals surface area (Å²) in [5.41, 5.74) is 2.86. The van der Waals surface area contributed by atoms with Crippen LogP contribution < -0.4 is 10.2 Å². The predicted molar refractivity (Wildman–Crippen MR) is 128 cm³/mol. The Morgan fingerprint density at radius 3 is 2.32 bits per heavy atom. The van der Waals surface area contributed by atoms with Crippen molar-refractivity contribution in [1.82, 2.24) is 4.90 Å². The summed E-state index contributed by atoms with van der Waals surface area (Å²) < 4.78 is 6.21. The van der Waals surface area contributed by atoms with Gasteiger partial charge in [-0.05, 0) is 85.6 Å². The van der Waals surface area contributed by atoms with Gasteiger partial charge in [-0.25, -0.2) is 4.79 Å². The first-order valence-electron chi connectivity index (χ1n) is 10.1. The molecule has 1 aliphatic rings. The van der Waals surface area contributed by atoms with E-state index in [1.54, 1.807) is 23.1 Å². The smallest absolute Gasteiger partial charge is 0.410 e. The zero-order chi connectivity index (χ0) is 22.8. The molecule has 2 aromatic rings. The summed E-state index contributed by atoms with van der Waals surface area (Å²) in [6.45, 7) is 10.3. The lowest BCUT2D eigenvalue weighted by Crippen LogP contribution is -2.50. The van der Waals surface area contributed by atoms with Gasteiger partial charge in [0, 0.05) is 47.6 Å². The molecular formula is C23H27BrClN3O3. The van der Waals surface area contributed by atoms with Gasteiger partial charge in [-0.2, -0.15) is 0 Å². The van der Waals surface area contributed by atoms with Crippen molar-refractivity contribution >= 4 is 50.9 Å². The zero-order valence-corrected chi connectivity index (χ0v) is 20.5. The average molecular weight is 509 g/mol. The summed E-state index contributed by atoms with van der Waals surface area (Å²) in [7, 11) is 0. The normalized spacial score (nSPS) is 14.4. The number of carbonyl (C=O) groups is 2. The molecule has 6 nitrogen and oxygen atoms in total. The third kappa shape index (κ3) is 6.14. The van der Waals surface area contributed by atoms with Crippen LogP contribution in [0.5, 0.6) is 0 Å². The fourth-order valence-corrected chi connectivity index (χ4v) is 3.81. The number of nitrogens with one attached hydrogen (secondary N) is 1. The quantitative estimate of drug-likeness (QED) is 0.576. The Bertz CT molecular complexity index is 983. The molecule has 1 saturated heterocycles. The summed E-state index contributed by atoms with van der Waals surface area (Å²) in [6.07, 6.45) is -0.269. The number of hydrogen-bond donors (Lipinski definition) is 1. The summed E-state index contributed by atoms with van der Waals surface area (Å²) >= 11 is 9.42. The highest BCUT2D eigenvalue weighted by Crippen LogP contribution is 2.27. The first-order chi connectivity index (χ1) is 14.5. The lowest BCUT2D eigenvalue weighted by Gasteiger charge is -2.37. The van der Waals surface area contributed by atoms with E-state index in [0.717, 1.165) is 34.5 Å². The number of ether oxygens (including phenoxy) is 1. The Morgan fingerprint density at radius 2 is 1.74 bits per heavy atom. The van der Waals surface area contributed by atoms with Crippen LogP contribution in [0.4, 0.5) is 16.2 Å². The number of carbonyl (C=O) groups excluding carboxylic acids is 2. The molecule has 1 heterocycles. The maximum atomic E-state index is 12.5. The van der Waals surface area contributed by atoms with E-state index < -0.39 is 5.60 Å². The Morgan fingerprint density at radius 1 is 1.06 bits per heavy atom. The number of anilines is 2. The highest BCUT2D eigenvalue weighted by molar-refractivity contribution is 9.10. The third-order valence-electron chi connectivity index (χ3n) is 4.91. The summed E-state index contributed by atoms with van der Waals surface area (Å²) in [6, 6.07) is 10.9. The summed E-state index contributed by atoms with van der Waals surface area (Å²) in [5, 5.41) is 3.41. The van der Waals surface area contributed by atoms with Crippen LogP contribution in [0.2, 0.25) is 5.02 Å². The zero-order valence-electron chi connectivity index (χ0n) is 18.2. The molecule has 0 bridgehead atoms. The lowest BCUT2D eigenvalue weighted by molar-refractivity contribution is 0.0240. The Kier molecular flexibility index (Phi) is 7.17. The van der Waals surface area contributed by atoms with E-state index in [4.69, 9.17) is 16.3 Å². The number of piperazine rings is 1. The fourth-order valence-electron chi connectivity index (χ4n) is 3.39. The van der Waals surface area contributed by atoms with Gasteiger partial charge in [0.25, 0.3) is 5.91 Å². The molecule has 3 rings (SSSR count). The van der Waals surface area contributed by atoms with Gasteiger partial charge in [0.15, 0.2) is 0 Å². The number of nitrogens with zero attached hydrogens (tertiary/aromatic N) is 2. The van der Waals surface area contributed by atoms with Crippen molar-refractivity contribution in [3.63, 3.8) is 0 Å². The minimum absolute atomic E-state index is 0.215. The number of aryl methyl sites for hydroxylation is 1. The van der Waals surface area contributed by atoms with Crippen LogP contribution in [-0.2, 0) is 4.74 Å². The standard InChI is InChI=1S/C23H27BrClN3O3/c1-15-13-17(26-21(29)16-5-7-18(24)19(25)14-16)6-8-20(15)27-9-11-28(12-10-27)22(30)31-23(2,3)4/h5-8,13-14H,9-12H2,1-4H3,(H,26,29). The van der Waals surface area contributed by atoms with E-state index >= 15 is 0 Å². The topological polar surface area (TPSA) is 61.9 Å². The van der Waals surface area contributed by atoms with Crippen molar-refractivity contribution in [1.29, 1.82) is 0 Å². The van der Waals surface area contributed by atoms with Gasteiger partial charge in [-0.15, -0.1) is 0 Å². The second-order valence-electron chi connectivity index (χ2n) is 8.54. The number of benzene rings is 2. The number of halogens is 2. The van der Waals surface area contributed by atoms with Crippen molar-refractivity contribution in [2.75, 3.05) is 36.4 Å². The molecule has 0 aromatic heterocycles. The van der Waals surface area contributed by atoms with Crippen LogP contribution in [0.3, 0.4) is 0 Å². The van der Waals surface area contributed by atoms with Gasteiger partial charge in [0.05, 0.1) is 5.02 Å². The molecular weight excluding hydrogens is 482 g/mol. The highest BCUT2D eigenvalue weighted by atomic mass is 79.9. The molecule has 0 aliphatic carbocycles. The van der Waals surface area contributed by atoms with Crippen LogP contribution >= 0.6 is 27.5 Å². The van der Waals surface area contributed by atoms with Gasteiger partial charge in [-0.3, -0.25) is 4.79 Å². The molecule has 166 valence electrons. The molecule has 0 atom stereocenters. The fraction of sp³-hybridized carbons (Fsp3) is 0.391. The molecule has 1 aliphatic heterocycles. The molecule has 0 unspecified atom stereocenters. The van der Waals surface area contributed by atoms with Crippen molar-refractivity contribution in [3.05, 3.63) is 57.0 Å². The average Bonchev–Trinajstić information content (AvgIpc) is 2.69. The van der Waals surface area contributed by atoms with Crippen molar-refractivity contribution in [3.8, 4) is 0 Å². The minimum Gasteiger partial charge on any atom is -0.444 e. The number of amides is 2. The van der Waals surface area contributed by atoms with Crippen LogP contribution in [-0.4, -0.2) is 48.7 Å². The predicted octanol–water partition coefficient (Wildman–Crippen LogP) is 5.72. The minimum atomic E-state index is -0.493. The monoisotopic (exact) mass is 507 g/mol. The Labute approximate surface area is 196 Å². The number of rotatable bonds is 3. The molecule has 31 heavy (non-hydrogen) atoms. The van der Waals surface area contributed by atoms with Gasteiger partial charge in [0.1, 0.15) is 5.60 Å². The largest absolute Gasteiger partial charge is 0.444 e. The maximum absolute atomic E-state index is 12.5. The highest BCUT2D eigenvalue weighted by Gasteiger charge is 2.26. The van der Waals surface area contributed by atoms with Gasteiger partial charge >= 0.3 is 6.09 Å². The van der Waals surface area contributed by atoms with E-state index in [9.17, 15) is 9.59 Å². The lowest BCUT2D eigenvalue weighted by atomic mass is 10.1. The van der Waals surface area contributed by atoms with E-state index in [2.05, 4.69) is 26.1 Å². The Balaban J connectivity index is 1.61. The molecule has 0 saturated carbocycles. The molecule has 0 radical (unpaired) electrons. The summed E-state index contributed by atoms with van der Waals surface area (Å²) in [5.74, 6) is -0.215. The van der Waals surface area contributed by atoms with E-state index in [1.165, 1.54) is 0 Å². The van der Waals surface area contributed by atoms with Crippen molar-refractivity contribution in [2.45, 2.75) is 33.3 Å². The molecule has 8 heteroatoms. The van der Waals surface area contributed by atoms with Crippen LogP contribution in [0.25, 0.3) is 0 Å². The number of hydrogen-bond acceptors (Lipinski definition) is 4. The van der Waals surface area contributed by atoms with Gasteiger partial charge < -0.3 is 19.9 Å². The van der Waals surface area contributed by atoms with Crippen molar-refractivity contribution < 1.29 is 14.3 Å². The Hall–Kier alpha value is -2.25. The second kappa shape index (κ2) is 9.49. The van der Waals surface area contributed by atoms with E-state index in [-0.39, 0.29) is 12.0 Å². The van der Waals surface area contributed by atoms with Crippen molar-refractivity contribution in [2.24, 2.45) is 0 Å². The second-order valence-corrected chi connectivity index (χ2v) is 9.80. The third-order valence-corrected chi connectivity index (χ3v) is 6.14. The molecule has 2 amide bonds. The van der Waals surface area contributed by atoms with Gasteiger partial charge in [0.2, 0.25) is 0 Å². The molecule has 2 aromatic carbocycles. The molecule has 1 N–H and O–H groups in total. The summed E-state index contributed by atoms with van der Waals surface area (Å²) in [4.78, 5) is 28.8. The maximum Gasteiger partial charge on any atom is 0.410 e. The van der Waals surface area contributed by atoms with E-state index in [1.807, 2.05) is 45.9 Å². The SMILES string of the molecule is Cc1cc(NC(=O)c2ccc(Br)c(Cl)c2)ccc1N1CCN(C(=O)OC(C)(C)C)CC1. The first-order valence-corrected chi connectivity index (χ1v) is 11.3. The molecule has 1 fully saturated rings. The van der Waals surface area contributed by atoms with Crippen LogP contribution in [0, 0.1) is 6.92 Å². The van der Waals surface area contributed by atoms with Crippen LogP contribution in [0.15, 0.2) is 40.9 Å². The molecule has 0 spiro atoms. The van der Waals surface area contributed by atoms with Gasteiger partial charge in [-0.1, -0.05) is 11.6 Å². The van der Waals surface area contributed by atoms with Crippen LogP contribution in [0.1, 0.15) is 36.7 Å². The first kappa shape index (κ1) is 23.4.